The van der Waals surface area contributed by atoms with Crippen LogP contribution < -0.4 is 0 Å². The molecule has 1 aromatic rings. The summed E-state index contributed by atoms with van der Waals surface area (Å²) < 4.78 is 45.7. The van der Waals surface area contributed by atoms with Gasteiger partial charge < -0.3 is 27.9 Å². The van der Waals surface area contributed by atoms with Crippen molar-refractivity contribution >= 4 is 27.3 Å². The lowest BCUT2D eigenvalue weighted by Crippen LogP contribution is -2.59. The summed E-state index contributed by atoms with van der Waals surface area (Å²) >= 11 is 0. The van der Waals surface area contributed by atoms with Crippen molar-refractivity contribution in [2.75, 3.05) is 32.6 Å². The maximum Gasteiger partial charge on any atom is 0.261 e. The molecule has 1 aromatic carbocycles. The zero-order valence-corrected chi connectivity index (χ0v) is 30.2. The summed E-state index contributed by atoms with van der Waals surface area (Å²) in [6.45, 7) is 21.2. The third-order valence-corrected chi connectivity index (χ3v) is 11.9. The van der Waals surface area contributed by atoms with E-state index in [0.717, 1.165) is 6.42 Å². The minimum atomic E-state index is -2.21. The van der Waals surface area contributed by atoms with Crippen LogP contribution in [0, 0.1) is 23.7 Å². The molecule has 4 unspecified atom stereocenters. The minimum absolute atomic E-state index is 0.0228. The summed E-state index contributed by atoms with van der Waals surface area (Å²) in [5.74, 6) is 0.0397. The van der Waals surface area contributed by atoms with Crippen LogP contribution in [0.1, 0.15) is 68.2 Å². The van der Waals surface area contributed by atoms with Gasteiger partial charge in [-0.15, -0.1) is 0 Å². The second kappa shape index (κ2) is 14.2. The molecule has 0 bridgehead atoms. The van der Waals surface area contributed by atoms with Crippen LogP contribution in [0.25, 0.3) is 0 Å². The Kier molecular flexibility index (Phi) is 11.4. The van der Waals surface area contributed by atoms with E-state index >= 15 is 0 Å². The van der Waals surface area contributed by atoms with Crippen LogP contribution in [0.15, 0.2) is 24.3 Å². The summed E-state index contributed by atoms with van der Waals surface area (Å²) in [4.78, 5) is 27.1. The fourth-order valence-electron chi connectivity index (χ4n) is 6.62. The number of ether oxygens (including phenoxy) is 4. The smallest absolute Gasteiger partial charge is 0.261 e. The first kappa shape index (κ1) is 35.5. The fraction of sp³-hybridized carbons (Fsp3) is 0.758. The number of amides is 2. The summed E-state index contributed by atoms with van der Waals surface area (Å²) in [5, 5.41) is 0. The molecule has 4 rings (SSSR count). The maximum atomic E-state index is 12.9. The number of rotatable bonds is 12. The van der Waals surface area contributed by atoms with Crippen molar-refractivity contribution in [1.29, 1.82) is 0 Å². The quantitative estimate of drug-likeness (QED) is 0.147. The highest BCUT2D eigenvalue weighted by Crippen LogP contribution is 2.43. The highest BCUT2D eigenvalue weighted by Gasteiger charge is 2.49. The summed E-state index contributed by atoms with van der Waals surface area (Å²) in [6.07, 6.45) is -0.0901. The first-order chi connectivity index (χ1) is 20.5. The largest absolute Gasteiger partial charge is 0.409 e. The molecule has 9 nitrogen and oxygen atoms in total. The van der Waals surface area contributed by atoms with Crippen LogP contribution in [0.4, 0.5) is 0 Å². The van der Waals surface area contributed by atoms with E-state index in [1.54, 1.807) is 24.3 Å². The molecule has 0 N–H and O–H groups in total. The van der Waals surface area contributed by atoms with Gasteiger partial charge in [-0.2, -0.15) is 0 Å². The number of imide groups is 1. The molecule has 3 aliphatic heterocycles. The number of benzene rings is 1. The van der Waals surface area contributed by atoms with Gasteiger partial charge in [-0.1, -0.05) is 46.8 Å². The van der Waals surface area contributed by atoms with E-state index in [-0.39, 0.29) is 66.9 Å². The SMILES string of the molecule is CCC1O[C@H](OCCN2C(=O)c3ccccc3C2=O)C(O[C@H]2OC(CCP(C)(C)=O)[C@@H](C)[C@H](C)C2O[Si](C)(C)C)[C@@H](C)[C@@H]1C. The Morgan fingerprint density at radius 3 is 1.93 bits per heavy atom. The third-order valence-electron chi connectivity index (χ3n) is 9.63. The predicted molar refractivity (Wildman–Crippen MR) is 174 cm³/mol. The first-order valence-electron chi connectivity index (χ1n) is 16.3. The van der Waals surface area contributed by atoms with Gasteiger partial charge in [-0.3, -0.25) is 14.5 Å². The van der Waals surface area contributed by atoms with Gasteiger partial charge >= 0.3 is 0 Å². The Morgan fingerprint density at radius 2 is 1.39 bits per heavy atom. The summed E-state index contributed by atoms with van der Waals surface area (Å²) in [7, 11) is -4.18. The van der Waals surface area contributed by atoms with Crippen LogP contribution in [0.2, 0.25) is 19.6 Å². The van der Waals surface area contributed by atoms with Crippen molar-refractivity contribution in [3.05, 3.63) is 35.4 Å². The molecule has 10 atom stereocenters. The van der Waals surface area contributed by atoms with Crippen LogP contribution in [0.3, 0.4) is 0 Å². The summed E-state index contributed by atoms with van der Waals surface area (Å²) in [5.41, 5.74) is 0.842. The van der Waals surface area contributed by atoms with Crippen LogP contribution in [-0.2, 0) is 27.9 Å². The molecular weight excluding hydrogens is 597 g/mol. The van der Waals surface area contributed by atoms with Gasteiger partial charge in [0.2, 0.25) is 0 Å². The van der Waals surface area contributed by atoms with Crippen LogP contribution in [0.5, 0.6) is 0 Å². The van der Waals surface area contributed by atoms with Gasteiger partial charge in [0, 0.05) is 6.16 Å². The number of fused-ring (bicyclic) bond motifs is 1. The molecule has 2 saturated heterocycles. The average Bonchev–Trinajstić information content (AvgIpc) is 3.19. The van der Waals surface area contributed by atoms with E-state index in [9.17, 15) is 14.2 Å². The van der Waals surface area contributed by atoms with Crippen LogP contribution in [-0.4, -0.2) is 94.7 Å². The van der Waals surface area contributed by atoms with Gasteiger partial charge in [-0.25, -0.2) is 0 Å². The van der Waals surface area contributed by atoms with Crippen molar-refractivity contribution in [2.24, 2.45) is 23.7 Å². The Balaban J connectivity index is 1.53. The van der Waals surface area contributed by atoms with Crippen molar-refractivity contribution in [3.63, 3.8) is 0 Å². The highest BCUT2D eigenvalue weighted by atomic mass is 31.2. The number of hydrogen-bond acceptors (Lipinski definition) is 8. The van der Waals surface area contributed by atoms with E-state index in [2.05, 4.69) is 54.3 Å². The van der Waals surface area contributed by atoms with Crippen molar-refractivity contribution in [1.82, 2.24) is 4.90 Å². The normalized spacial score (nSPS) is 34.8. The topological polar surface area (TPSA) is 101 Å². The monoisotopic (exact) mass is 651 g/mol. The van der Waals surface area contributed by atoms with Gasteiger partial charge in [0.1, 0.15) is 6.10 Å². The lowest BCUT2D eigenvalue weighted by molar-refractivity contribution is -0.342. The molecule has 0 aromatic heterocycles. The zero-order chi connectivity index (χ0) is 32.6. The molecule has 3 aliphatic rings. The highest BCUT2D eigenvalue weighted by molar-refractivity contribution is 7.62. The second-order valence-corrected chi connectivity index (χ2v) is 22.5. The molecule has 0 radical (unpaired) electrons. The number of carbonyl (C=O) groups excluding carboxylic acids is 2. The standard InChI is InChI=1S/C33H54NO8PSi/c1-11-26-20(2)22(4)28(32(39-26)38-18-17-34-30(35)24-14-12-13-15-25(24)31(34)36)41-33-29(42-44(8,9)10)23(5)21(3)27(40-33)16-19-43(6,7)37/h12-15,20-23,26-29,32-33H,11,16-19H2,1-10H3/t20-,21-,22-,23-,26?,27?,28?,29?,32-,33+/m0/s1. The Hall–Kier alpha value is -1.39. The Labute approximate surface area is 265 Å². The third kappa shape index (κ3) is 8.11. The fourth-order valence-corrected chi connectivity index (χ4v) is 8.63. The van der Waals surface area contributed by atoms with E-state index < -0.39 is 34.1 Å². The van der Waals surface area contributed by atoms with E-state index in [1.807, 2.05) is 13.3 Å². The molecule has 2 fully saturated rings. The Bertz CT molecular complexity index is 1180. The number of hydrogen-bond donors (Lipinski definition) is 0. The molecule has 2 amide bonds. The van der Waals surface area contributed by atoms with Gasteiger partial charge in [-0.05, 0) is 81.6 Å². The molecule has 44 heavy (non-hydrogen) atoms. The van der Waals surface area contributed by atoms with Gasteiger partial charge in [0.05, 0.1) is 49.7 Å². The molecule has 248 valence electrons. The molecular formula is C33H54NO8PSi. The number of carbonyl (C=O) groups is 2. The lowest BCUT2D eigenvalue weighted by Gasteiger charge is -2.50. The molecule has 0 saturated carbocycles. The van der Waals surface area contributed by atoms with Crippen molar-refractivity contribution in [3.8, 4) is 0 Å². The van der Waals surface area contributed by atoms with Crippen molar-refractivity contribution in [2.45, 2.75) is 104 Å². The van der Waals surface area contributed by atoms with Gasteiger partial charge in [0.25, 0.3) is 11.8 Å². The molecule has 3 heterocycles. The molecule has 0 spiro atoms. The minimum Gasteiger partial charge on any atom is -0.409 e. The summed E-state index contributed by atoms with van der Waals surface area (Å²) in [6, 6.07) is 6.88. The van der Waals surface area contributed by atoms with Crippen molar-refractivity contribution < 1.29 is 37.5 Å². The van der Waals surface area contributed by atoms with Gasteiger partial charge in [0.15, 0.2) is 20.9 Å². The predicted octanol–water partition coefficient (Wildman–Crippen LogP) is 6.32. The molecule has 0 aliphatic carbocycles. The van der Waals surface area contributed by atoms with Crippen LogP contribution >= 0.6 is 7.14 Å². The average molecular weight is 652 g/mol. The van der Waals surface area contributed by atoms with E-state index in [0.29, 0.717) is 23.7 Å². The lowest BCUT2D eigenvalue weighted by atomic mass is 9.81. The van der Waals surface area contributed by atoms with E-state index in [1.165, 1.54) is 4.90 Å². The zero-order valence-electron chi connectivity index (χ0n) is 28.3. The Morgan fingerprint density at radius 1 is 0.841 bits per heavy atom. The first-order valence-corrected chi connectivity index (χ1v) is 22.5. The maximum absolute atomic E-state index is 12.9. The number of nitrogens with zero attached hydrogens (tertiary/aromatic N) is 1. The van der Waals surface area contributed by atoms with E-state index in [4.69, 9.17) is 23.4 Å². The molecule has 11 heteroatoms. The second-order valence-electron chi connectivity index (χ2n) is 14.5.